The minimum atomic E-state index is -0.159. The Labute approximate surface area is 86.5 Å². The van der Waals surface area contributed by atoms with Gasteiger partial charge in [-0.3, -0.25) is 9.63 Å². The summed E-state index contributed by atoms with van der Waals surface area (Å²) >= 11 is 0. The number of unbranched alkanes of at least 4 members (excludes halogenated alkanes) is 1. The van der Waals surface area contributed by atoms with Gasteiger partial charge in [-0.2, -0.15) is 0 Å². The van der Waals surface area contributed by atoms with Gasteiger partial charge in [0.25, 0.3) is 0 Å². The van der Waals surface area contributed by atoms with E-state index in [9.17, 15) is 4.79 Å². The molecule has 0 saturated heterocycles. The third-order valence-corrected chi connectivity index (χ3v) is 1.83. The summed E-state index contributed by atoms with van der Waals surface area (Å²) in [6, 6.07) is 0. The van der Waals surface area contributed by atoms with E-state index in [1.165, 1.54) is 6.92 Å². The lowest BCUT2D eigenvalue weighted by molar-refractivity contribution is -0.136. The van der Waals surface area contributed by atoms with Crippen LogP contribution in [0.1, 0.15) is 46.5 Å². The highest BCUT2D eigenvalue weighted by Gasteiger charge is 2.09. The summed E-state index contributed by atoms with van der Waals surface area (Å²) in [7, 11) is 0. The van der Waals surface area contributed by atoms with Crippen molar-refractivity contribution < 1.29 is 9.63 Å². The molecule has 0 bridgehead atoms. The predicted octanol–water partition coefficient (Wildman–Crippen LogP) is 2.58. The fraction of sp³-hybridized carbons (Fsp3) is 0.727. The molecule has 1 atom stereocenters. The van der Waals surface area contributed by atoms with Crippen molar-refractivity contribution in [2.24, 2.45) is 0 Å². The van der Waals surface area contributed by atoms with Gasteiger partial charge in [0, 0.05) is 6.92 Å². The van der Waals surface area contributed by atoms with Crippen LogP contribution in [0.5, 0.6) is 0 Å². The Morgan fingerprint density at radius 2 is 2.14 bits per heavy atom. The molecule has 82 valence electrons. The lowest BCUT2D eigenvalue weighted by atomic mass is 10.1. The SMILES string of the molecule is C=C(C)CC(CCCC)ONC(C)=O. The van der Waals surface area contributed by atoms with E-state index in [0.717, 1.165) is 31.3 Å². The number of carbonyl (C=O) groups is 1. The van der Waals surface area contributed by atoms with Crippen LogP contribution in [0.25, 0.3) is 0 Å². The summed E-state index contributed by atoms with van der Waals surface area (Å²) in [6.07, 6.45) is 4.08. The molecule has 1 N–H and O–H groups in total. The van der Waals surface area contributed by atoms with E-state index in [-0.39, 0.29) is 12.0 Å². The van der Waals surface area contributed by atoms with Gasteiger partial charge in [-0.05, 0) is 19.8 Å². The van der Waals surface area contributed by atoms with Gasteiger partial charge in [-0.25, -0.2) is 5.48 Å². The van der Waals surface area contributed by atoms with Crippen LogP contribution in [0.3, 0.4) is 0 Å². The zero-order chi connectivity index (χ0) is 11.0. The van der Waals surface area contributed by atoms with Crippen molar-refractivity contribution in [3.8, 4) is 0 Å². The summed E-state index contributed by atoms with van der Waals surface area (Å²) in [4.78, 5) is 15.9. The number of carbonyl (C=O) groups excluding carboxylic acids is 1. The van der Waals surface area contributed by atoms with E-state index in [1.54, 1.807) is 0 Å². The van der Waals surface area contributed by atoms with Gasteiger partial charge < -0.3 is 0 Å². The molecule has 3 heteroatoms. The van der Waals surface area contributed by atoms with Gasteiger partial charge in [0.05, 0.1) is 6.10 Å². The first-order valence-corrected chi connectivity index (χ1v) is 5.12. The highest BCUT2D eigenvalue weighted by atomic mass is 16.7. The highest BCUT2D eigenvalue weighted by Crippen LogP contribution is 2.12. The largest absolute Gasteiger partial charge is 0.273 e. The van der Waals surface area contributed by atoms with Crippen molar-refractivity contribution in [1.82, 2.24) is 5.48 Å². The highest BCUT2D eigenvalue weighted by molar-refractivity contribution is 5.71. The summed E-state index contributed by atoms with van der Waals surface area (Å²) in [5.74, 6) is -0.159. The molecule has 0 fully saturated rings. The molecule has 0 spiro atoms. The third kappa shape index (κ3) is 7.80. The number of nitrogens with one attached hydrogen (secondary N) is 1. The summed E-state index contributed by atoms with van der Waals surface area (Å²) in [5, 5.41) is 0. The van der Waals surface area contributed by atoms with Crippen molar-refractivity contribution in [2.45, 2.75) is 52.6 Å². The fourth-order valence-electron chi connectivity index (χ4n) is 1.19. The Balaban J connectivity index is 3.83. The van der Waals surface area contributed by atoms with E-state index >= 15 is 0 Å². The lowest BCUT2D eigenvalue weighted by Crippen LogP contribution is -2.27. The Morgan fingerprint density at radius 3 is 2.57 bits per heavy atom. The molecule has 0 aromatic rings. The quantitative estimate of drug-likeness (QED) is 0.505. The number of hydrogen-bond acceptors (Lipinski definition) is 2. The zero-order valence-electron chi connectivity index (χ0n) is 9.43. The molecular weight excluding hydrogens is 178 g/mol. The maximum absolute atomic E-state index is 10.6. The van der Waals surface area contributed by atoms with Crippen molar-refractivity contribution in [2.75, 3.05) is 0 Å². The molecule has 0 aliphatic rings. The summed E-state index contributed by atoms with van der Waals surface area (Å²) in [6.45, 7) is 9.38. The molecule has 3 nitrogen and oxygen atoms in total. The molecule has 0 rings (SSSR count). The molecule has 14 heavy (non-hydrogen) atoms. The lowest BCUT2D eigenvalue weighted by Gasteiger charge is -2.16. The molecular formula is C11H21NO2. The smallest absolute Gasteiger partial charge is 0.240 e. The van der Waals surface area contributed by atoms with Gasteiger partial charge in [-0.1, -0.05) is 25.3 Å². The zero-order valence-corrected chi connectivity index (χ0v) is 9.43. The van der Waals surface area contributed by atoms with Gasteiger partial charge >= 0.3 is 0 Å². The summed E-state index contributed by atoms with van der Waals surface area (Å²) in [5.41, 5.74) is 3.46. The maximum Gasteiger partial charge on any atom is 0.240 e. The van der Waals surface area contributed by atoms with Crippen LogP contribution in [0.15, 0.2) is 12.2 Å². The van der Waals surface area contributed by atoms with Crippen molar-refractivity contribution >= 4 is 5.91 Å². The second-order valence-corrected chi connectivity index (χ2v) is 3.70. The van der Waals surface area contributed by atoms with Crippen LogP contribution in [0.2, 0.25) is 0 Å². The van der Waals surface area contributed by atoms with Crippen LogP contribution in [-0.2, 0) is 9.63 Å². The molecule has 0 saturated carbocycles. The van der Waals surface area contributed by atoms with Crippen LogP contribution >= 0.6 is 0 Å². The second kappa shape index (κ2) is 7.56. The van der Waals surface area contributed by atoms with E-state index in [2.05, 4.69) is 19.0 Å². The van der Waals surface area contributed by atoms with Crippen LogP contribution in [-0.4, -0.2) is 12.0 Å². The first kappa shape index (κ1) is 13.2. The summed E-state index contributed by atoms with van der Waals surface area (Å²) < 4.78 is 0. The number of hydroxylamine groups is 1. The number of rotatable bonds is 7. The van der Waals surface area contributed by atoms with E-state index < -0.39 is 0 Å². The van der Waals surface area contributed by atoms with Gasteiger partial charge in [0.2, 0.25) is 5.91 Å². The average Bonchev–Trinajstić information content (AvgIpc) is 2.09. The minimum Gasteiger partial charge on any atom is -0.273 e. The standard InChI is InChI=1S/C11H21NO2/c1-5-6-7-11(8-9(2)3)14-12-10(4)13/h11H,2,5-8H2,1,3-4H3,(H,12,13). The van der Waals surface area contributed by atoms with Crippen molar-refractivity contribution in [3.05, 3.63) is 12.2 Å². The normalized spacial score (nSPS) is 12.2. The fourth-order valence-corrected chi connectivity index (χ4v) is 1.19. The van der Waals surface area contributed by atoms with Gasteiger partial charge in [0.15, 0.2) is 0 Å². The predicted molar refractivity (Wildman–Crippen MR) is 57.6 cm³/mol. The molecule has 0 aliphatic carbocycles. The third-order valence-electron chi connectivity index (χ3n) is 1.83. The maximum atomic E-state index is 10.6. The van der Waals surface area contributed by atoms with Crippen LogP contribution in [0.4, 0.5) is 0 Å². The van der Waals surface area contributed by atoms with Crippen LogP contribution in [0, 0.1) is 0 Å². The Kier molecular flexibility index (Phi) is 7.11. The van der Waals surface area contributed by atoms with Gasteiger partial charge in [-0.15, -0.1) is 6.58 Å². The molecule has 0 heterocycles. The first-order chi connectivity index (χ1) is 6.56. The molecule has 0 aliphatic heterocycles. The second-order valence-electron chi connectivity index (χ2n) is 3.70. The van der Waals surface area contributed by atoms with Crippen molar-refractivity contribution in [3.63, 3.8) is 0 Å². The topological polar surface area (TPSA) is 38.3 Å². The molecule has 0 radical (unpaired) electrons. The van der Waals surface area contributed by atoms with E-state index in [1.807, 2.05) is 6.92 Å². The molecule has 1 amide bonds. The van der Waals surface area contributed by atoms with Crippen molar-refractivity contribution in [1.29, 1.82) is 0 Å². The Hall–Kier alpha value is -0.830. The number of amides is 1. The first-order valence-electron chi connectivity index (χ1n) is 5.12. The van der Waals surface area contributed by atoms with E-state index in [4.69, 9.17) is 4.84 Å². The van der Waals surface area contributed by atoms with E-state index in [0.29, 0.717) is 0 Å². The molecule has 1 unspecified atom stereocenters. The number of hydrogen-bond donors (Lipinski definition) is 1. The monoisotopic (exact) mass is 199 g/mol. The average molecular weight is 199 g/mol. The molecule has 0 aromatic heterocycles. The van der Waals surface area contributed by atoms with Gasteiger partial charge in [0.1, 0.15) is 0 Å². The minimum absolute atomic E-state index is 0.0661. The Morgan fingerprint density at radius 1 is 1.50 bits per heavy atom. The van der Waals surface area contributed by atoms with Crippen LogP contribution < -0.4 is 5.48 Å². The Bertz CT molecular complexity index is 190. The molecule has 0 aromatic carbocycles.